The first-order valence-corrected chi connectivity index (χ1v) is 13.6. The second-order valence-electron chi connectivity index (χ2n) is 9.83. The highest BCUT2D eigenvalue weighted by Crippen LogP contribution is 2.33. The van der Waals surface area contributed by atoms with Crippen molar-refractivity contribution >= 4 is 35.1 Å². The summed E-state index contributed by atoms with van der Waals surface area (Å²) in [6, 6.07) is 25.9. The second-order valence-corrected chi connectivity index (χ2v) is 10.6. The minimum atomic E-state index is -0.130. The number of hydrogen-bond donors (Lipinski definition) is 2. The van der Waals surface area contributed by atoms with Crippen molar-refractivity contribution < 1.29 is 4.79 Å². The third kappa shape index (κ3) is 7.27. The Morgan fingerprint density at radius 2 is 1.32 bits per heavy atom. The summed E-state index contributed by atoms with van der Waals surface area (Å²) in [6.07, 6.45) is 4.12. The Labute approximate surface area is 229 Å². The summed E-state index contributed by atoms with van der Waals surface area (Å²) in [5.41, 5.74) is 13.7. The molecule has 7 heteroatoms. The van der Waals surface area contributed by atoms with Gasteiger partial charge >= 0.3 is 0 Å². The number of aliphatic imine (C=N–C) groups is 1. The minimum Gasteiger partial charge on any atom is -0.370 e. The highest BCUT2D eigenvalue weighted by atomic mass is 35.5. The molecule has 3 aromatic rings. The quantitative estimate of drug-likeness (QED) is 0.247. The molecule has 4 N–H and O–H groups in total. The third-order valence-corrected chi connectivity index (χ3v) is 7.88. The first-order chi connectivity index (χ1) is 17.9. The molecule has 0 spiro atoms. The molecule has 1 amide bonds. The first kappa shape index (κ1) is 27.0. The van der Waals surface area contributed by atoms with E-state index in [1.54, 1.807) is 18.2 Å². The van der Waals surface area contributed by atoms with E-state index < -0.39 is 0 Å². The molecule has 0 aliphatic heterocycles. The van der Waals surface area contributed by atoms with Gasteiger partial charge in [0, 0.05) is 25.6 Å². The van der Waals surface area contributed by atoms with E-state index in [1.165, 1.54) is 0 Å². The van der Waals surface area contributed by atoms with Gasteiger partial charge < -0.3 is 16.4 Å². The molecule has 1 saturated carbocycles. The van der Waals surface area contributed by atoms with Crippen molar-refractivity contribution in [3.8, 4) is 0 Å². The lowest BCUT2D eigenvalue weighted by Crippen LogP contribution is -2.40. The molecule has 0 atom stereocenters. The normalized spacial score (nSPS) is 17.4. The Bertz CT molecular complexity index is 1130. The fraction of sp³-hybridized carbons (Fsp3) is 0.333. The number of nitrogens with zero attached hydrogens (tertiary/aromatic N) is 2. The molecule has 194 valence electrons. The topological polar surface area (TPSA) is 84.7 Å². The summed E-state index contributed by atoms with van der Waals surface area (Å²) in [6.45, 7) is 1.84. The fourth-order valence-corrected chi connectivity index (χ4v) is 5.80. The molecule has 5 nitrogen and oxygen atoms in total. The average Bonchev–Trinajstić information content (AvgIpc) is 2.91. The lowest BCUT2D eigenvalue weighted by atomic mass is 9.81. The van der Waals surface area contributed by atoms with Crippen molar-refractivity contribution in [2.24, 2.45) is 28.3 Å². The molecule has 0 bridgehead atoms. The summed E-state index contributed by atoms with van der Waals surface area (Å²) in [5, 5.41) is 0.749. The number of benzene rings is 3. The van der Waals surface area contributed by atoms with Gasteiger partial charge in [0.2, 0.25) is 0 Å². The van der Waals surface area contributed by atoms with Gasteiger partial charge in [0.15, 0.2) is 5.96 Å². The van der Waals surface area contributed by atoms with Crippen molar-refractivity contribution in [3.63, 3.8) is 0 Å². The standard InChI is InChI=1S/C30H34Cl2N4O/c31-26-12-7-13-27(32)28(26)29(37)36(19-22-16-14-21(15-17-22)18-35-30(33)34)20-25(23-8-3-1-4-9-23)24-10-5-2-6-11-24/h1-13,21-22,25H,14-20H2,(H4,33,34,35). The van der Waals surface area contributed by atoms with Crippen molar-refractivity contribution in [3.05, 3.63) is 106 Å². The smallest absolute Gasteiger partial charge is 0.256 e. The van der Waals surface area contributed by atoms with E-state index in [-0.39, 0.29) is 17.8 Å². The lowest BCUT2D eigenvalue weighted by Gasteiger charge is -2.35. The van der Waals surface area contributed by atoms with Crippen LogP contribution in [-0.2, 0) is 0 Å². The molecule has 0 unspecified atom stereocenters. The van der Waals surface area contributed by atoms with Crippen LogP contribution in [0.5, 0.6) is 0 Å². The Morgan fingerprint density at radius 1 is 0.811 bits per heavy atom. The molecule has 0 saturated heterocycles. The monoisotopic (exact) mass is 536 g/mol. The summed E-state index contributed by atoms with van der Waals surface area (Å²) < 4.78 is 0. The van der Waals surface area contributed by atoms with Crippen molar-refractivity contribution in [1.82, 2.24) is 4.90 Å². The van der Waals surface area contributed by atoms with E-state index in [0.717, 1.165) is 36.8 Å². The van der Waals surface area contributed by atoms with E-state index >= 15 is 0 Å². The summed E-state index contributed by atoms with van der Waals surface area (Å²) in [7, 11) is 0. The minimum absolute atomic E-state index is 0.0193. The van der Waals surface area contributed by atoms with E-state index in [2.05, 4.69) is 29.3 Å². The highest BCUT2D eigenvalue weighted by molar-refractivity contribution is 6.39. The Hall–Kier alpha value is -3.02. The third-order valence-electron chi connectivity index (χ3n) is 7.25. The number of carbonyl (C=O) groups excluding carboxylic acids is 1. The number of amides is 1. The van der Waals surface area contributed by atoms with Crippen molar-refractivity contribution in [2.75, 3.05) is 19.6 Å². The summed E-state index contributed by atoms with van der Waals surface area (Å²) in [4.78, 5) is 20.2. The zero-order chi connectivity index (χ0) is 26.2. The Balaban J connectivity index is 1.61. The van der Waals surface area contributed by atoms with Gasteiger partial charge in [-0.05, 0) is 60.8 Å². The predicted molar refractivity (Wildman–Crippen MR) is 153 cm³/mol. The maximum atomic E-state index is 14.0. The molecule has 0 radical (unpaired) electrons. The van der Waals surface area contributed by atoms with Crippen LogP contribution < -0.4 is 11.5 Å². The van der Waals surface area contributed by atoms with Gasteiger partial charge in [0.1, 0.15) is 0 Å². The molecule has 1 aliphatic rings. The number of hydrogen-bond acceptors (Lipinski definition) is 2. The van der Waals surface area contributed by atoms with Crippen LogP contribution in [0.1, 0.15) is 53.1 Å². The van der Waals surface area contributed by atoms with Gasteiger partial charge in [-0.25, -0.2) is 0 Å². The largest absolute Gasteiger partial charge is 0.370 e. The molecule has 0 heterocycles. The van der Waals surface area contributed by atoms with Crippen molar-refractivity contribution in [2.45, 2.75) is 31.6 Å². The van der Waals surface area contributed by atoms with Gasteiger partial charge in [0.05, 0.1) is 15.6 Å². The van der Waals surface area contributed by atoms with Crippen LogP contribution in [0.4, 0.5) is 0 Å². The van der Waals surface area contributed by atoms with Gasteiger partial charge in [-0.1, -0.05) is 89.9 Å². The molecule has 4 rings (SSSR count). The van der Waals surface area contributed by atoms with Crippen LogP contribution in [0, 0.1) is 11.8 Å². The van der Waals surface area contributed by atoms with E-state index in [1.807, 2.05) is 41.3 Å². The lowest BCUT2D eigenvalue weighted by molar-refractivity contribution is 0.0700. The van der Waals surface area contributed by atoms with Crippen LogP contribution >= 0.6 is 23.2 Å². The molecule has 37 heavy (non-hydrogen) atoms. The van der Waals surface area contributed by atoms with Gasteiger partial charge in [-0.15, -0.1) is 0 Å². The number of carbonyl (C=O) groups is 1. The van der Waals surface area contributed by atoms with Crippen LogP contribution in [0.3, 0.4) is 0 Å². The summed E-state index contributed by atoms with van der Waals surface area (Å²) >= 11 is 13.0. The first-order valence-electron chi connectivity index (χ1n) is 12.8. The fourth-order valence-electron chi connectivity index (χ4n) is 5.24. The maximum absolute atomic E-state index is 14.0. The van der Waals surface area contributed by atoms with E-state index in [9.17, 15) is 4.79 Å². The molecule has 1 aliphatic carbocycles. The van der Waals surface area contributed by atoms with E-state index in [4.69, 9.17) is 34.7 Å². The van der Waals surface area contributed by atoms with Crippen LogP contribution in [0.15, 0.2) is 83.9 Å². The van der Waals surface area contributed by atoms with Crippen LogP contribution in [0.25, 0.3) is 0 Å². The van der Waals surface area contributed by atoms with Crippen LogP contribution in [-0.4, -0.2) is 36.4 Å². The molecular weight excluding hydrogens is 503 g/mol. The SMILES string of the molecule is NC(N)=NCC1CCC(CN(CC(c2ccccc2)c2ccccc2)C(=O)c2c(Cl)cccc2Cl)CC1. The average molecular weight is 538 g/mol. The molecule has 3 aromatic carbocycles. The molecule has 1 fully saturated rings. The molecule has 0 aromatic heterocycles. The number of guanidine groups is 1. The van der Waals surface area contributed by atoms with Gasteiger partial charge in [-0.2, -0.15) is 0 Å². The zero-order valence-electron chi connectivity index (χ0n) is 20.9. The zero-order valence-corrected chi connectivity index (χ0v) is 22.4. The van der Waals surface area contributed by atoms with Gasteiger partial charge in [-0.3, -0.25) is 9.79 Å². The van der Waals surface area contributed by atoms with Gasteiger partial charge in [0.25, 0.3) is 5.91 Å². The Morgan fingerprint density at radius 3 is 1.84 bits per heavy atom. The molecular formula is C30H34Cl2N4O. The van der Waals surface area contributed by atoms with E-state index in [0.29, 0.717) is 47.1 Å². The Kier molecular flexibility index (Phi) is 9.48. The predicted octanol–water partition coefficient (Wildman–Crippen LogP) is 6.35. The second kappa shape index (κ2) is 13.0. The van der Waals surface area contributed by atoms with Crippen molar-refractivity contribution in [1.29, 1.82) is 0 Å². The number of nitrogens with two attached hydrogens (primary N) is 2. The highest BCUT2D eigenvalue weighted by Gasteiger charge is 2.30. The van der Waals surface area contributed by atoms with Crippen LogP contribution in [0.2, 0.25) is 10.0 Å². The number of rotatable bonds is 9. The summed E-state index contributed by atoms with van der Waals surface area (Å²) in [5.74, 6) is 0.888. The maximum Gasteiger partial charge on any atom is 0.256 e. The number of halogens is 2.